The lowest BCUT2D eigenvalue weighted by atomic mass is 9.93. The zero-order valence-electron chi connectivity index (χ0n) is 27.7. The molecule has 0 fully saturated rings. The number of hydrogen-bond donors (Lipinski definition) is 4. The number of aromatic nitrogens is 2. The first-order valence-electron chi connectivity index (χ1n) is 15.9. The standard InChI is InChI=1S/C35H44N6O6S/c1-23(2)32(40-34(44)41(4)19-28-20-46-24(3)37-28)33(43)38-27(15-25-11-7-5-8-12-25)17-31(42)30(16-26-13-9-6-10-14-26)39-35(45)47-21-29-18-36-22-48-29/h5-14,18,20,22-23,27,30-32,42H,15-17,19,21H2,1-4H3,(H,38,43)(H,39,45)(H,40,44)/t27-,30-,31-,32-/m0/s1. The maximum Gasteiger partial charge on any atom is 0.407 e. The number of benzene rings is 2. The van der Waals surface area contributed by atoms with E-state index in [1.807, 2.05) is 74.5 Å². The van der Waals surface area contributed by atoms with Crippen LogP contribution in [0.5, 0.6) is 0 Å². The summed E-state index contributed by atoms with van der Waals surface area (Å²) in [5.41, 5.74) is 4.13. The first-order chi connectivity index (χ1) is 23.1. The molecule has 2 aromatic carbocycles. The molecule has 4 rings (SSSR count). The quantitative estimate of drug-likeness (QED) is 0.134. The minimum atomic E-state index is -1.06. The third kappa shape index (κ3) is 11.5. The van der Waals surface area contributed by atoms with Crippen LogP contribution in [0.15, 0.2) is 83.1 Å². The van der Waals surface area contributed by atoms with E-state index < -0.39 is 36.4 Å². The first-order valence-corrected chi connectivity index (χ1v) is 16.7. The van der Waals surface area contributed by atoms with Gasteiger partial charge in [0.1, 0.15) is 18.9 Å². The Kier molecular flexibility index (Phi) is 13.5. The molecule has 2 heterocycles. The maximum atomic E-state index is 13.8. The third-order valence-corrected chi connectivity index (χ3v) is 8.49. The average Bonchev–Trinajstić information content (AvgIpc) is 3.74. The number of oxazole rings is 1. The van der Waals surface area contributed by atoms with Crippen molar-refractivity contribution in [1.82, 2.24) is 30.8 Å². The van der Waals surface area contributed by atoms with Crippen LogP contribution < -0.4 is 16.0 Å². The summed E-state index contributed by atoms with van der Waals surface area (Å²) in [6, 6.07) is 16.6. The molecule has 12 nitrogen and oxygen atoms in total. The molecule has 0 bridgehead atoms. The van der Waals surface area contributed by atoms with Crippen molar-refractivity contribution in [2.24, 2.45) is 5.92 Å². The Labute approximate surface area is 284 Å². The van der Waals surface area contributed by atoms with E-state index in [1.165, 1.54) is 22.5 Å². The molecular formula is C35H44N6O6S. The Morgan fingerprint density at radius 3 is 2.23 bits per heavy atom. The molecule has 4 atom stereocenters. The molecule has 13 heteroatoms. The number of nitrogens with one attached hydrogen (secondary N) is 3. The number of ether oxygens (including phenoxy) is 1. The van der Waals surface area contributed by atoms with Gasteiger partial charge in [-0.25, -0.2) is 14.6 Å². The summed E-state index contributed by atoms with van der Waals surface area (Å²) in [4.78, 5) is 50.2. The van der Waals surface area contributed by atoms with Crippen LogP contribution in [-0.2, 0) is 35.5 Å². The molecule has 2 aromatic heterocycles. The summed E-state index contributed by atoms with van der Waals surface area (Å²) < 4.78 is 10.6. The van der Waals surface area contributed by atoms with E-state index >= 15 is 0 Å². The van der Waals surface area contributed by atoms with Gasteiger partial charge in [0.15, 0.2) is 5.89 Å². The molecule has 0 spiro atoms. The summed E-state index contributed by atoms with van der Waals surface area (Å²) in [5, 5.41) is 20.4. The van der Waals surface area contributed by atoms with Crippen LogP contribution in [0.1, 0.15) is 47.9 Å². The highest BCUT2D eigenvalue weighted by molar-refractivity contribution is 7.09. The zero-order valence-corrected chi connectivity index (χ0v) is 28.5. The van der Waals surface area contributed by atoms with Crippen molar-refractivity contribution in [2.45, 2.75) is 77.4 Å². The normalized spacial score (nSPS) is 13.6. The Bertz CT molecular complexity index is 1570. The van der Waals surface area contributed by atoms with E-state index in [-0.39, 0.29) is 31.4 Å². The number of rotatable bonds is 16. The van der Waals surface area contributed by atoms with Gasteiger partial charge in [-0.05, 0) is 36.3 Å². The second-order valence-electron chi connectivity index (χ2n) is 12.1. The number of alkyl carbamates (subject to hydrolysis) is 1. The van der Waals surface area contributed by atoms with Crippen LogP contribution in [0.3, 0.4) is 0 Å². The van der Waals surface area contributed by atoms with E-state index in [0.29, 0.717) is 24.4 Å². The lowest BCUT2D eigenvalue weighted by Gasteiger charge is -2.30. The SMILES string of the molecule is Cc1nc(CN(C)C(=O)N[C@H](C(=O)N[C@@H](Cc2ccccc2)C[C@H](O)[C@H](Cc2ccccc2)NC(=O)OCc2cncs2)C(C)C)co1. The van der Waals surface area contributed by atoms with Crippen molar-refractivity contribution in [1.29, 1.82) is 0 Å². The molecule has 256 valence electrons. The van der Waals surface area contributed by atoms with Gasteiger partial charge in [0.25, 0.3) is 0 Å². The molecule has 48 heavy (non-hydrogen) atoms. The molecule has 4 N–H and O–H groups in total. The van der Waals surface area contributed by atoms with Crippen LogP contribution in [-0.4, -0.2) is 69.3 Å². The summed E-state index contributed by atoms with van der Waals surface area (Å²) >= 11 is 1.38. The molecule has 0 aliphatic carbocycles. The molecule has 0 unspecified atom stereocenters. The second kappa shape index (κ2) is 18.0. The van der Waals surface area contributed by atoms with Crippen LogP contribution in [0.25, 0.3) is 0 Å². The summed E-state index contributed by atoms with van der Waals surface area (Å²) in [5.74, 6) is -0.118. The highest BCUT2D eigenvalue weighted by Crippen LogP contribution is 2.16. The number of hydrogen-bond acceptors (Lipinski definition) is 9. The zero-order chi connectivity index (χ0) is 34.5. The van der Waals surface area contributed by atoms with Crippen LogP contribution in [0, 0.1) is 12.8 Å². The number of urea groups is 1. The summed E-state index contributed by atoms with van der Waals surface area (Å²) in [6.07, 6.45) is 2.28. The van der Waals surface area contributed by atoms with E-state index in [2.05, 4.69) is 25.9 Å². The van der Waals surface area contributed by atoms with E-state index in [9.17, 15) is 19.5 Å². The van der Waals surface area contributed by atoms with Gasteiger partial charge in [0.2, 0.25) is 5.91 Å². The predicted molar refractivity (Wildman–Crippen MR) is 182 cm³/mol. The Balaban J connectivity index is 1.47. The Morgan fingerprint density at radius 2 is 1.65 bits per heavy atom. The van der Waals surface area contributed by atoms with Gasteiger partial charge in [-0.15, -0.1) is 11.3 Å². The minimum Gasteiger partial charge on any atom is -0.449 e. The Hall–Kier alpha value is -4.75. The lowest BCUT2D eigenvalue weighted by molar-refractivity contribution is -0.124. The van der Waals surface area contributed by atoms with Gasteiger partial charge < -0.3 is 35.1 Å². The van der Waals surface area contributed by atoms with Crippen molar-refractivity contribution < 1.29 is 28.6 Å². The van der Waals surface area contributed by atoms with Crippen molar-refractivity contribution in [3.63, 3.8) is 0 Å². The van der Waals surface area contributed by atoms with Gasteiger partial charge in [-0.1, -0.05) is 74.5 Å². The number of nitrogens with zero attached hydrogens (tertiary/aromatic N) is 3. The second-order valence-corrected chi connectivity index (χ2v) is 13.0. The van der Waals surface area contributed by atoms with Crippen molar-refractivity contribution >= 4 is 29.4 Å². The number of aryl methyl sites for hydroxylation is 1. The van der Waals surface area contributed by atoms with Gasteiger partial charge in [-0.2, -0.15) is 0 Å². The topological polar surface area (TPSA) is 159 Å². The molecule has 4 aromatic rings. The first kappa shape index (κ1) is 36.1. The van der Waals surface area contributed by atoms with Crippen LogP contribution in [0.4, 0.5) is 9.59 Å². The van der Waals surface area contributed by atoms with Gasteiger partial charge in [-0.3, -0.25) is 9.78 Å². The van der Waals surface area contributed by atoms with E-state index in [4.69, 9.17) is 9.15 Å². The average molecular weight is 677 g/mol. The molecule has 4 amide bonds. The van der Waals surface area contributed by atoms with E-state index in [1.54, 1.807) is 25.7 Å². The maximum absolute atomic E-state index is 13.8. The minimum absolute atomic E-state index is 0.0626. The molecule has 0 aliphatic heterocycles. The molecule has 0 radical (unpaired) electrons. The highest BCUT2D eigenvalue weighted by atomic mass is 32.1. The summed E-state index contributed by atoms with van der Waals surface area (Å²) in [7, 11) is 1.62. The number of carbonyl (C=O) groups is 3. The third-order valence-electron chi connectivity index (χ3n) is 7.73. The molecular weight excluding hydrogens is 632 g/mol. The van der Waals surface area contributed by atoms with Gasteiger partial charge in [0, 0.05) is 26.2 Å². The largest absolute Gasteiger partial charge is 0.449 e. The number of aliphatic hydroxyl groups excluding tert-OH is 1. The fraction of sp³-hybridized carbons (Fsp3) is 0.400. The number of aliphatic hydroxyl groups is 1. The highest BCUT2D eigenvalue weighted by Gasteiger charge is 2.31. The monoisotopic (exact) mass is 676 g/mol. The van der Waals surface area contributed by atoms with E-state index in [0.717, 1.165) is 16.0 Å². The predicted octanol–water partition coefficient (Wildman–Crippen LogP) is 4.62. The van der Waals surface area contributed by atoms with Crippen LogP contribution >= 0.6 is 11.3 Å². The fourth-order valence-corrected chi connectivity index (χ4v) is 5.71. The molecule has 0 aliphatic rings. The van der Waals surface area contributed by atoms with Crippen molar-refractivity contribution in [2.75, 3.05) is 7.05 Å². The van der Waals surface area contributed by atoms with Gasteiger partial charge >= 0.3 is 12.1 Å². The van der Waals surface area contributed by atoms with Crippen molar-refractivity contribution in [3.05, 3.63) is 106 Å². The number of carbonyl (C=O) groups excluding carboxylic acids is 3. The fourth-order valence-electron chi connectivity index (χ4n) is 5.21. The number of amides is 4. The summed E-state index contributed by atoms with van der Waals surface area (Å²) in [6.45, 7) is 5.70. The lowest BCUT2D eigenvalue weighted by Crippen LogP contribution is -2.55. The van der Waals surface area contributed by atoms with Crippen LogP contribution in [0.2, 0.25) is 0 Å². The smallest absolute Gasteiger partial charge is 0.407 e. The van der Waals surface area contributed by atoms with Crippen molar-refractivity contribution in [3.8, 4) is 0 Å². The Morgan fingerprint density at radius 1 is 0.979 bits per heavy atom. The number of thiazole rings is 1. The van der Waals surface area contributed by atoms with Gasteiger partial charge in [0.05, 0.1) is 34.8 Å². The molecule has 0 saturated heterocycles. The molecule has 0 saturated carbocycles.